The van der Waals surface area contributed by atoms with Gasteiger partial charge in [-0.2, -0.15) is 0 Å². The summed E-state index contributed by atoms with van der Waals surface area (Å²) in [6, 6.07) is 14.6. The molecular weight excluding hydrogens is 326 g/mol. The molecule has 24 heavy (non-hydrogen) atoms. The summed E-state index contributed by atoms with van der Waals surface area (Å²) in [6.45, 7) is 1.97. The molecule has 3 rings (SSSR count). The maximum atomic E-state index is 10.9. The van der Waals surface area contributed by atoms with Gasteiger partial charge in [0.05, 0.1) is 11.3 Å². The van der Waals surface area contributed by atoms with Crippen molar-refractivity contribution in [2.75, 3.05) is 5.75 Å². The van der Waals surface area contributed by atoms with E-state index in [-0.39, 0.29) is 11.5 Å². The fourth-order valence-corrected chi connectivity index (χ4v) is 3.00. The zero-order valence-corrected chi connectivity index (χ0v) is 13.7. The summed E-state index contributed by atoms with van der Waals surface area (Å²) in [7, 11) is 0. The maximum absolute atomic E-state index is 10.9. The number of benzene rings is 2. The Balaban J connectivity index is 2.16. The van der Waals surface area contributed by atoms with Crippen LogP contribution in [0.3, 0.4) is 0 Å². The quantitative estimate of drug-likeness (QED) is 0.693. The number of carboxylic acids is 1. The Hall–Kier alpha value is -2.80. The van der Waals surface area contributed by atoms with E-state index in [0.29, 0.717) is 16.5 Å². The Morgan fingerprint density at radius 2 is 1.96 bits per heavy atom. The van der Waals surface area contributed by atoms with E-state index in [0.717, 1.165) is 23.0 Å². The van der Waals surface area contributed by atoms with Crippen molar-refractivity contribution in [3.05, 3.63) is 54.1 Å². The molecule has 7 heteroatoms. The van der Waals surface area contributed by atoms with Gasteiger partial charge in [-0.3, -0.25) is 9.36 Å². The number of phenolic OH excluding ortho intramolecular Hbond substituents is 1. The molecule has 0 atom stereocenters. The van der Waals surface area contributed by atoms with E-state index in [2.05, 4.69) is 10.2 Å². The highest BCUT2D eigenvalue weighted by molar-refractivity contribution is 7.99. The molecule has 0 aliphatic heterocycles. The second-order valence-electron chi connectivity index (χ2n) is 5.18. The molecule has 0 bridgehead atoms. The molecule has 0 saturated heterocycles. The SMILES string of the molecule is Cc1cccc(-n2c(SCC(=O)O)nnc2-c2ccccc2O)c1. The van der Waals surface area contributed by atoms with Crippen LogP contribution >= 0.6 is 11.8 Å². The molecule has 0 aliphatic rings. The summed E-state index contributed by atoms with van der Waals surface area (Å²) in [5.74, 6) is -0.492. The number of hydrogen-bond donors (Lipinski definition) is 2. The molecule has 0 radical (unpaired) electrons. The Kier molecular flexibility index (Phi) is 4.52. The minimum absolute atomic E-state index is 0.0913. The van der Waals surface area contributed by atoms with E-state index < -0.39 is 5.97 Å². The average molecular weight is 341 g/mol. The summed E-state index contributed by atoms with van der Waals surface area (Å²) in [5.41, 5.74) is 2.40. The van der Waals surface area contributed by atoms with E-state index in [1.807, 2.05) is 31.2 Å². The van der Waals surface area contributed by atoms with Crippen molar-refractivity contribution in [3.63, 3.8) is 0 Å². The monoisotopic (exact) mass is 341 g/mol. The van der Waals surface area contributed by atoms with Gasteiger partial charge in [0, 0.05) is 5.69 Å². The summed E-state index contributed by atoms with van der Waals surface area (Å²) in [6.07, 6.45) is 0. The van der Waals surface area contributed by atoms with Gasteiger partial charge < -0.3 is 10.2 Å². The number of phenols is 1. The molecule has 0 unspecified atom stereocenters. The zero-order chi connectivity index (χ0) is 17.1. The predicted molar refractivity (Wildman–Crippen MR) is 91.6 cm³/mol. The van der Waals surface area contributed by atoms with Gasteiger partial charge in [0.15, 0.2) is 11.0 Å². The highest BCUT2D eigenvalue weighted by Gasteiger charge is 2.19. The molecule has 0 fully saturated rings. The van der Waals surface area contributed by atoms with Gasteiger partial charge in [-0.15, -0.1) is 10.2 Å². The number of carbonyl (C=O) groups is 1. The maximum Gasteiger partial charge on any atom is 0.313 e. The van der Waals surface area contributed by atoms with Gasteiger partial charge >= 0.3 is 5.97 Å². The van der Waals surface area contributed by atoms with Gasteiger partial charge in [-0.1, -0.05) is 36.0 Å². The van der Waals surface area contributed by atoms with E-state index >= 15 is 0 Å². The van der Waals surface area contributed by atoms with Crippen LogP contribution in [0.5, 0.6) is 5.75 Å². The van der Waals surface area contributed by atoms with E-state index in [1.165, 1.54) is 0 Å². The summed E-state index contributed by atoms with van der Waals surface area (Å²) < 4.78 is 1.76. The molecule has 1 aromatic heterocycles. The van der Waals surface area contributed by atoms with Crippen LogP contribution in [0.4, 0.5) is 0 Å². The van der Waals surface area contributed by atoms with Crippen molar-refractivity contribution < 1.29 is 15.0 Å². The smallest absolute Gasteiger partial charge is 0.313 e. The van der Waals surface area contributed by atoms with Crippen molar-refractivity contribution in [3.8, 4) is 22.8 Å². The number of aromatic nitrogens is 3. The number of aromatic hydroxyl groups is 1. The lowest BCUT2D eigenvalue weighted by atomic mass is 10.1. The van der Waals surface area contributed by atoms with Gasteiger partial charge in [-0.05, 0) is 36.8 Å². The van der Waals surface area contributed by atoms with E-state index in [4.69, 9.17) is 5.11 Å². The number of thioether (sulfide) groups is 1. The zero-order valence-electron chi connectivity index (χ0n) is 12.9. The summed E-state index contributed by atoms with van der Waals surface area (Å²) >= 11 is 1.09. The molecule has 0 saturated carbocycles. The molecule has 0 amide bonds. The topological polar surface area (TPSA) is 88.2 Å². The lowest BCUT2D eigenvalue weighted by Crippen LogP contribution is -2.03. The van der Waals surface area contributed by atoms with E-state index in [1.54, 1.807) is 28.8 Å². The Labute approximate surface area is 142 Å². The first kappa shape index (κ1) is 16.1. The molecule has 3 aromatic rings. The third-order valence-electron chi connectivity index (χ3n) is 3.36. The number of para-hydroxylation sites is 1. The van der Waals surface area contributed by atoms with Crippen LogP contribution in [0, 0.1) is 6.92 Å². The first-order valence-electron chi connectivity index (χ1n) is 7.21. The minimum Gasteiger partial charge on any atom is -0.507 e. The van der Waals surface area contributed by atoms with Crippen LogP contribution in [-0.4, -0.2) is 36.7 Å². The summed E-state index contributed by atoms with van der Waals surface area (Å²) in [4.78, 5) is 10.9. The van der Waals surface area contributed by atoms with Crippen LogP contribution in [0.15, 0.2) is 53.7 Å². The largest absolute Gasteiger partial charge is 0.507 e. The fourth-order valence-electron chi connectivity index (χ4n) is 2.33. The van der Waals surface area contributed by atoms with Crippen LogP contribution < -0.4 is 0 Å². The average Bonchev–Trinajstić information content (AvgIpc) is 2.97. The van der Waals surface area contributed by atoms with Gasteiger partial charge in [0.2, 0.25) is 0 Å². The van der Waals surface area contributed by atoms with Crippen LogP contribution in [-0.2, 0) is 4.79 Å². The molecule has 0 spiro atoms. The van der Waals surface area contributed by atoms with Gasteiger partial charge in [0.25, 0.3) is 0 Å². The first-order valence-corrected chi connectivity index (χ1v) is 8.20. The first-order chi connectivity index (χ1) is 11.6. The number of hydrogen-bond acceptors (Lipinski definition) is 5. The normalized spacial score (nSPS) is 10.7. The van der Waals surface area contributed by atoms with Crippen molar-refractivity contribution in [2.24, 2.45) is 0 Å². The number of aliphatic carboxylic acids is 1. The van der Waals surface area contributed by atoms with Gasteiger partial charge in [0.1, 0.15) is 5.75 Å². The summed E-state index contributed by atoms with van der Waals surface area (Å²) in [5, 5.41) is 27.8. The van der Waals surface area contributed by atoms with Crippen molar-refractivity contribution in [2.45, 2.75) is 12.1 Å². The lowest BCUT2D eigenvalue weighted by molar-refractivity contribution is -0.133. The second-order valence-corrected chi connectivity index (χ2v) is 6.12. The van der Waals surface area contributed by atoms with Crippen LogP contribution in [0.1, 0.15) is 5.56 Å². The Bertz CT molecular complexity index is 892. The highest BCUT2D eigenvalue weighted by Crippen LogP contribution is 2.32. The molecule has 122 valence electrons. The predicted octanol–water partition coefficient (Wildman–Crippen LogP) is 3.13. The minimum atomic E-state index is -0.928. The third kappa shape index (κ3) is 3.26. The lowest BCUT2D eigenvalue weighted by Gasteiger charge is -2.11. The molecule has 2 aromatic carbocycles. The molecular formula is C17H15N3O3S. The molecule has 2 N–H and O–H groups in total. The fraction of sp³-hybridized carbons (Fsp3) is 0.118. The molecule has 6 nitrogen and oxygen atoms in total. The standard InChI is InChI=1S/C17H15N3O3S/c1-11-5-4-6-12(9-11)20-16(13-7-2-3-8-14(13)21)18-19-17(20)24-10-15(22)23/h2-9,21H,10H2,1H3,(H,22,23). The van der Waals surface area contributed by atoms with Crippen molar-refractivity contribution in [1.82, 2.24) is 14.8 Å². The third-order valence-corrected chi connectivity index (χ3v) is 4.28. The molecule has 0 aliphatic carbocycles. The number of rotatable bonds is 5. The van der Waals surface area contributed by atoms with Crippen molar-refractivity contribution in [1.29, 1.82) is 0 Å². The Morgan fingerprint density at radius 3 is 2.67 bits per heavy atom. The van der Waals surface area contributed by atoms with E-state index in [9.17, 15) is 9.90 Å². The second kappa shape index (κ2) is 6.76. The number of aryl methyl sites for hydroxylation is 1. The highest BCUT2D eigenvalue weighted by atomic mass is 32.2. The molecule has 1 heterocycles. The van der Waals surface area contributed by atoms with Gasteiger partial charge in [-0.25, -0.2) is 0 Å². The number of carboxylic acid groups (broad SMARTS) is 1. The Morgan fingerprint density at radius 1 is 1.17 bits per heavy atom. The van der Waals surface area contributed by atoms with Crippen molar-refractivity contribution >= 4 is 17.7 Å². The van der Waals surface area contributed by atoms with Crippen LogP contribution in [0.25, 0.3) is 17.1 Å². The van der Waals surface area contributed by atoms with Crippen LogP contribution in [0.2, 0.25) is 0 Å². The number of nitrogens with zero attached hydrogens (tertiary/aromatic N) is 3.